The second-order valence-electron chi connectivity index (χ2n) is 41.2. The van der Waals surface area contributed by atoms with Crippen molar-refractivity contribution < 1.29 is 65.1 Å². The Bertz CT molecular complexity index is 3460. The average molecular weight is 1740 g/mol. The molecule has 7 heterocycles. The Morgan fingerprint density at radius 3 is 1.12 bits per heavy atom. The number of benzene rings is 1. The molecule has 0 radical (unpaired) electrons. The lowest BCUT2D eigenvalue weighted by Crippen LogP contribution is -2.60. The maximum Gasteiger partial charge on any atom is 0.363 e. The van der Waals surface area contributed by atoms with Gasteiger partial charge >= 0.3 is 29.8 Å². The van der Waals surface area contributed by atoms with E-state index in [4.69, 9.17) is 27.9 Å². The SMILES string of the molecule is C.CC(C)(C)OC(=O)C[S+]1CCCCC1.CC1(OC(=O)C2([S+]3CCCCC3)CCCC2)C2CC3CC(C2)CC1C3.CC1(OC(=O)C[S+]2CCCC2)C2CC3CC(C2)CC1C3.CC1(OC(=O)C[S+]2CCCCC2)C2CC3CC(C2)CC1C3.O=C(C[S+]1CCCC1)c1ccccc1.O=C(C[S+]1CCCCC1)OC1C2CC3C1OS(=O)(=O)C3C2. The topological polar surface area (TPSA) is 192 Å². The first-order valence-corrected chi connectivity index (χ1v) is 58.4. The fourth-order valence-electron chi connectivity index (χ4n) is 26.5. The van der Waals surface area contributed by atoms with Gasteiger partial charge in [0.1, 0.15) is 104 Å². The van der Waals surface area contributed by atoms with Crippen molar-refractivity contribution in [2.24, 2.45) is 82.9 Å². The molecule has 116 heavy (non-hydrogen) atoms. The zero-order valence-corrected chi connectivity index (χ0v) is 77.2. The Morgan fingerprint density at radius 2 is 0.741 bits per heavy atom. The van der Waals surface area contributed by atoms with E-state index in [-0.39, 0.29) is 109 Å². The third-order valence-corrected chi connectivity index (χ3v) is 48.9. The Hall–Kier alpha value is -1.75. The Balaban J connectivity index is 0.000000116. The highest BCUT2D eigenvalue weighted by molar-refractivity contribution is 7.99. The van der Waals surface area contributed by atoms with Gasteiger partial charge in [0.25, 0.3) is 10.1 Å². The van der Waals surface area contributed by atoms with Crippen molar-refractivity contribution in [1.29, 1.82) is 0 Å². The molecule has 22 aliphatic rings. The Labute approximate surface area is 718 Å². The minimum Gasteiger partial charge on any atom is -0.456 e. The van der Waals surface area contributed by atoms with Crippen LogP contribution in [0.3, 0.4) is 0 Å². The number of carbonyl (C=O) groups excluding carboxylic acids is 6. The van der Waals surface area contributed by atoms with Crippen molar-refractivity contribution in [2.45, 2.75) is 331 Å². The Morgan fingerprint density at radius 1 is 0.405 bits per heavy atom. The summed E-state index contributed by atoms with van der Waals surface area (Å²) in [6.07, 6.45) is 46.7. The van der Waals surface area contributed by atoms with Gasteiger partial charge in [0, 0.05) is 41.1 Å². The van der Waals surface area contributed by atoms with Crippen LogP contribution >= 0.6 is 0 Å². The van der Waals surface area contributed by atoms with Crippen LogP contribution in [-0.4, -0.2) is 186 Å². The summed E-state index contributed by atoms with van der Waals surface area (Å²) in [5.74, 6) is 28.8. The van der Waals surface area contributed by atoms with Crippen LogP contribution in [-0.2, 0) is 127 Å². The van der Waals surface area contributed by atoms with Gasteiger partial charge < -0.3 is 23.7 Å². The number of fused-ring (bicyclic) bond motifs is 1. The number of rotatable bonds is 17. The number of esters is 5. The first-order valence-electron chi connectivity index (χ1n) is 46.7. The number of ketones is 1. The van der Waals surface area contributed by atoms with Crippen LogP contribution in [0.15, 0.2) is 30.3 Å². The van der Waals surface area contributed by atoms with Crippen LogP contribution in [0.5, 0.6) is 0 Å². The van der Waals surface area contributed by atoms with E-state index in [1.165, 1.54) is 269 Å². The lowest BCUT2D eigenvalue weighted by molar-refractivity contribution is -0.205. The van der Waals surface area contributed by atoms with E-state index in [9.17, 15) is 37.2 Å². The summed E-state index contributed by atoms with van der Waals surface area (Å²) < 4.78 is 58.8. The maximum absolute atomic E-state index is 13.6. The molecule has 22 fully saturated rings. The van der Waals surface area contributed by atoms with E-state index in [0.717, 1.165) is 77.6 Å². The molecule has 1 aromatic carbocycles. The van der Waals surface area contributed by atoms with Gasteiger partial charge in [0.15, 0.2) is 5.75 Å². The van der Waals surface area contributed by atoms with E-state index in [1.807, 2.05) is 51.1 Å². The molecule has 0 spiro atoms. The summed E-state index contributed by atoms with van der Waals surface area (Å²) in [6, 6.07) is 9.66. The number of hydrogen-bond acceptors (Lipinski definition) is 14. The van der Waals surface area contributed by atoms with Crippen LogP contribution in [0.1, 0.15) is 297 Å². The van der Waals surface area contributed by atoms with E-state index in [1.54, 1.807) is 0 Å². The zero-order chi connectivity index (χ0) is 80.3. The second kappa shape index (κ2) is 39.8. The van der Waals surface area contributed by atoms with Crippen molar-refractivity contribution in [3.05, 3.63) is 35.9 Å². The molecule has 14 nitrogen and oxygen atoms in total. The molecule has 7 saturated heterocycles. The highest BCUT2D eigenvalue weighted by Gasteiger charge is 2.67. The summed E-state index contributed by atoms with van der Waals surface area (Å²) in [4.78, 5) is 74.0. The molecule has 15 aliphatic carbocycles. The van der Waals surface area contributed by atoms with Crippen molar-refractivity contribution in [3.8, 4) is 0 Å². The molecule has 7 aliphatic heterocycles. The molecule has 15 saturated carbocycles. The predicted octanol–water partition coefficient (Wildman–Crippen LogP) is 17.4. The standard InChI is InChI=1S/C22H35O2S.C18H29O2S.C17H27O2S.C14H21O5S2.C12H15OS.C11H21O2S.CH4/c1-21(18-12-16-11-17(14-18)15-19(21)13-16)24-20(23)22(7-3-4-8-22)25-9-5-2-6-10-25;1-18(20-17(19)12-21-5-3-2-4-6-21)15-8-13-7-14(10-15)11-16(18)9-13;1-17(19-16(18)11-20-4-2-3-5-20)14-7-12-6-13(9-14)10-15(17)8-12;15-12(8-20-4-2-1-3-5-20)18-13-9-6-10-11(7-9)21(16,17)19-14(10)13;13-12(10-14-8-4-5-9-14)11-6-2-1-3-7-11;1-11(2,3)13-10(12)9-14-7-5-4-6-8-14;/h16-19H,2-15H2,1H3;13-16H,2-12H2,1H3;12-15H,2-11H2,1H3;9-11,13-14H,1-8H2;1-3,6-7H,4-5,8-10H2;4-9H2,1-3H3;1H4/q6*+1;. The molecule has 0 amide bonds. The van der Waals surface area contributed by atoms with E-state index < -0.39 is 16.2 Å². The highest BCUT2D eigenvalue weighted by atomic mass is 32.2. The summed E-state index contributed by atoms with van der Waals surface area (Å²) in [5, 5.41) is -0.345. The van der Waals surface area contributed by atoms with Gasteiger partial charge in [0.2, 0.25) is 33.5 Å². The quantitative estimate of drug-likeness (QED) is 0.0470. The van der Waals surface area contributed by atoms with Crippen molar-refractivity contribution >= 4 is 111 Å². The predicted molar refractivity (Wildman–Crippen MR) is 484 cm³/mol. The lowest BCUT2D eigenvalue weighted by atomic mass is 9.50. The maximum atomic E-state index is 13.6. The van der Waals surface area contributed by atoms with Gasteiger partial charge in [-0.05, 0) is 392 Å². The van der Waals surface area contributed by atoms with Crippen LogP contribution in [0.4, 0.5) is 0 Å². The molecule has 0 N–H and O–H groups in total. The molecular formula is C95H152O14S7+6. The van der Waals surface area contributed by atoms with Crippen molar-refractivity contribution in [1.82, 2.24) is 0 Å². The summed E-state index contributed by atoms with van der Waals surface area (Å²) in [7, 11) is -1.58. The van der Waals surface area contributed by atoms with E-state index >= 15 is 0 Å². The van der Waals surface area contributed by atoms with Crippen LogP contribution < -0.4 is 0 Å². The third-order valence-electron chi connectivity index (χ3n) is 32.0. The van der Waals surface area contributed by atoms with Gasteiger partial charge in [-0.3, -0.25) is 8.98 Å². The number of hydrogen-bond donors (Lipinski definition) is 0. The number of carbonyl (C=O) groups is 6. The normalized spacial score (nSPS) is 38.6. The highest BCUT2D eigenvalue weighted by Crippen LogP contribution is 2.63. The monoisotopic (exact) mass is 1740 g/mol. The first-order chi connectivity index (χ1) is 55.2. The lowest BCUT2D eigenvalue weighted by Gasteiger charge is -2.59. The van der Waals surface area contributed by atoms with E-state index in [0.29, 0.717) is 114 Å². The molecule has 5 atom stereocenters. The molecule has 652 valence electrons. The van der Waals surface area contributed by atoms with E-state index in [2.05, 4.69) is 20.8 Å². The fraction of sp³-hybridized carbons (Fsp3) is 0.874. The van der Waals surface area contributed by atoms with Crippen LogP contribution in [0.2, 0.25) is 0 Å². The zero-order valence-electron chi connectivity index (χ0n) is 71.5. The van der Waals surface area contributed by atoms with Crippen molar-refractivity contribution in [2.75, 3.05) is 97.8 Å². The summed E-state index contributed by atoms with van der Waals surface area (Å²) >= 11 is 0. The minimum atomic E-state index is -3.42. The second-order valence-corrected chi connectivity index (χ2v) is 57.2. The van der Waals surface area contributed by atoms with Gasteiger partial charge in [-0.1, -0.05) is 37.8 Å². The van der Waals surface area contributed by atoms with Gasteiger partial charge in [-0.15, -0.1) is 0 Å². The first kappa shape index (κ1) is 90.5. The van der Waals surface area contributed by atoms with Gasteiger partial charge in [-0.2, -0.15) is 8.42 Å². The van der Waals surface area contributed by atoms with Crippen molar-refractivity contribution in [3.63, 3.8) is 0 Å². The Kier molecular flexibility index (Phi) is 31.1. The molecule has 1 aromatic rings. The minimum absolute atomic E-state index is 0. The van der Waals surface area contributed by atoms with Gasteiger partial charge in [0.05, 0.1) is 5.25 Å². The molecular weight excluding hydrogens is 1590 g/mol. The smallest absolute Gasteiger partial charge is 0.363 e. The molecule has 5 unspecified atom stereocenters. The summed E-state index contributed by atoms with van der Waals surface area (Å²) in [5.41, 5.74) is 0.180. The average Bonchev–Trinajstić information content (AvgIpc) is 1.51. The van der Waals surface area contributed by atoms with Crippen LogP contribution in [0, 0.1) is 82.9 Å². The number of ether oxygens (including phenoxy) is 5. The van der Waals surface area contributed by atoms with Crippen LogP contribution in [0.25, 0.3) is 0 Å². The molecule has 21 heteroatoms. The fourth-order valence-corrected chi connectivity index (χ4v) is 42.3. The molecule has 23 rings (SSSR count). The third kappa shape index (κ3) is 21.8. The number of Topliss-reactive ketones (excluding diaryl/α,β-unsaturated/α-hetero) is 1. The molecule has 14 bridgehead atoms. The largest absolute Gasteiger partial charge is 0.456 e. The van der Waals surface area contributed by atoms with Gasteiger partial charge in [-0.25, -0.2) is 24.0 Å². The molecule has 0 aromatic heterocycles. The summed E-state index contributed by atoms with van der Waals surface area (Å²) in [6.45, 7) is 12.6.